The molecule has 1 aliphatic rings. The van der Waals surface area contributed by atoms with Gasteiger partial charge in [-0.25, -0.2) is 4.98 Å². The third-order valence-electron chi connectivity index (χ3n) is 4.86. The first-order valence-electron chi connectivity index (χ1n) is 8.33. The van der Waals surface area contributed by atoms with Crippen LogP contribution in [0.15, 0.2) is 36.7 Å². The van der Waals surface area contributed by atoms with Crippen molar-refractivity contribution in [3.8, 4) is 11.4 Å². The molecule has 6 heteroatoms. The van der Waals surface area contributed by atoms with Crippen molar-refractivity contribution < 1.29 is 9.53 Å². The number of nitrogens with zero attached hydrogens (tertiary/aromatic N) is 4. The molecular formula is C19H20N4O2. The predicted octanol–water partition coefficient (Wildman–Crippen LogP) is 2.73. The largest absolute Gasteiger partial charge is 0.383 e. The summed E-state index contributed by atoms with van der Waals surface area (Å²) in [5.74, 6) is 0.844. The molecule has 1 aromatic carbocycles. The van der Waals surface area contributed by atoms with Crippen LogP contribution in [0, 0.1) is 0 Å². The first kappa shape index (κ1) is 15.8. The van der Waals surface area contributed by atoms with Crippen LogP contribution < -0.4 is 4.90 Å². The number of benzene rings is 1. The zero-order chi connectivity index (χ0) is 17.6. The number of imidazole rings is 1. The zero-order valence-corrected chi connectivity index (χ0v) is 14.6. The van der Waals surface area contributed by atoms with E-state index in [9.17, 15) is 4.79 Å². The molecule has 0 saturated heterocycles. The lowest BCUT2D eigenvalue weighted by Gasteiger charge is -2.17. The summed E-state index contributed by atoms with van der Waals surface area (Å²) in [5, 5.41) is 0. The number of hydrogen-bond acceptors (Lipinski definition) is 4. The van der Waals surface area contributed by atoms with E-state index < -0.39 is 0 Å². The fourth-order valence-corrected chi connectivity index (χ4v) is 3.48. The molecule has 3 heterocycles. The van der Waals surface area contributed by atoms with E-state index in [0.29, 0.717) is 13.2 Å². The van der Waals surface area contributed by atoms with E-state index in [1.807, 2.05) is 38.4 Å². The molecule has 2 aromatic heterocycles. The quantitative estimate of drug-likeness (QED) is 0.735. The first-order valence-corrected chi connectivity index (χ1v) is 8.33. The van der Waals surface area contributed by atoms with Crippen LogP contribution in [0.1, 0.15) is 18.4 Å². The van der Waals surface area contributed by atoms with Crippen molar-refractivity contribution in [2.24, 2.45) is 7.05 Å². The summed E-state index contributed by atoms with van der Waals surface area (Å²) in [5.41, 5.74) is 4.87. The molecule has 1 atom stereocenters. The van der Waals surface area contributed by atoms with Crippen molar-refractivity contribution in [2.45, 2.75) is 12.8 Å². The molecule has 25 heavy (non-hydrogen) atoms. The predicted molar refractivity (Wildman–Crippen MR) is 96.6 cm³/mol. The smallest absolute Gasteiger partial charge is 0.234 e. The number of rotatable bonds is 4. The molecule has 0 aliphatic carbocycles. The number of carbonyl (C=O) groups excluding carboxylic acids is 1. The molecule has 0 N–H and O–H groups in total. The Morgan fingerprint density at radius 3 is 2.88 bits per heavy atom. The van der Waals surface area contributed by atoms with Gasteiger partial charge in [0, 0.05) is 38.7 Å². The van der Waals surface area contributed by atoms with E-state index in [0.717, 1.165) is 33.7 Å². The molecule has 0 fully saturated rings. The van der Waals surface area contributed by atoms with Crippen molar-refractivity contribution in [1.82, 2.24) is 14.5 Å². The Bertz CT molecular complexity index is 949. The Labute approximate surface area is 146 Å². The van der Waals surface area contributed by atoms with Gasteiger partial charge in [-0.15, -0.1) is 0 Å². The standard InChI is InChI=1S/C19H20N4O2/c1-12-14-9-17-15(10-16(14)23(19(12)24)7-8-25-3)21-18(22(17)2)13-5-4-6-20-11-13/h4-6,9-12H,7-8H2,1-3H3. The highest BCUT2D eigenvalue weighted by atomic mass is 16.5. The molecule has 1 aliphatic heterocycles. The molecule has 1 amide bonds. The molecule has 0 spiro atoms. The number of carbonyl (C=O) groups is 1. The van der Waals surface area contributed by atoms with Crippen LogP contribution in [-0.4, -0.2) is 40.7 Å². The summed E-state index contributed by atoms with van der Waals surface area (Å²) in [6.45, 7) is 3.03. The molecule has 4 rings (SSSR count). The van der Waals surface area contributed by atoms with Crippen molar-refractivity contribution in [2.75, 3.05) is 25.2 Å². The van der Waals surface area contributed by atoms with Crippen LogP contribution in [0.25, 0.3) is 22.4 Å². The van der Waals surface area contributed by atoms with Gasteiger partial charge < -0.3 is 14.2 Å². The van der Waals surface area contributed by atoms with Crippen LogP contribution in [-0.2, 0) is 16.6 Å². The van der Waals surface area contributed by atoms with Crippen LogP contribution in [0.4, 0.5) is 5.69 Å². The average molecular weight is 336 g/mol. The van der Waals surface area contributed by atoms with E-state index in [-0.39, 0.29) is 11.8 Å². The number of fused-ring (bicyclic) bond motifs is 2. The van der Waals surface area contributed by atoms with Crippen molar-refractivity contribution in [3.63, 3.8) is 0 Å². The number of methoxy groups -OCH3 is 1. The highest BCUT2D eigenvalue weighted by Crippen LogP contribution is 2.40. The summed E-state index contributed by atoms with van der Waals surface area (Å²) in [6, 6.07) is 8.01. The normalized spacial score (nSPS) is 16.7. The van der Waals surface area contributed by atoms with Gasteiger partial charge in [0.1, 0.15) is 5.82 Å². The molecule has 128 valence electrons. The van der Waals surface area contributed by atoms with Gasteiger partial charge in [0.05, 0.1) is 29.2 Å². The topological polar surface area (TPSA) is 60.2 Å². The van der Waals surface area contributed by atoms with Gasteiger partial charge in [-0.05, 0) is 36.8 Å². The number of pyridine rings is 1. The van der Waals surface area contributed by atoms with E-state index >= 15 is 0 Å². The van der Waals surface area contributed by atoms with Crippen molar-refractivity contribution in [1.29, 1.82) is 0 Å². The number of amides is 1. The third kappa shape index (κ3) is 2.41. The zero-order valence-electron chi connectivity index (χ0n) is 14.6. The number of hydrogen-bond donors (Lipinski definition) is 0. The number of aromatic nitrogens is 3. The van der Waals surface area contributed by atoms with E-state index in [4.69, 9.17) is 9.72 Å². The van der Waals surface area contributed by atoms with E-state index in [1.54, 1.807) is 18.2 Å². The fraction of sp³-hybridized carbons (Fsp3) is 0.316. The van der Waals surface area contributed by atoms with Crippen LogP contribution >= 0.6 is 0 Å². The fourth-order valence-electron chi connectivity index (χ4n) is 3.48. The van der Waals surface area contributed by atoms with Gasteiger partial charge >= 0.3 is 0 Å². The second-order valence-electron chi connectivity index (χ2n) is 6.34. The van der Waals surface area contributed by atoms with Crippen LogP contribution in [0.2, 0.25) is 0 Å². The van der Waals surface area contributed by atoms with E-state index in [2.05, 4.69) is 15.6 Å². The summed E-state index contributed by atoms with van der Waals surface area (Å²) in [4.78, 5) is 23.3. The minimum absolute atomic E-state index is 0.120. The number of ether oxygens (including phenoxy) is 1. The molecule has 0 saturated carbocycles. The Morgan fingerprint density at radius 1 is 1.32 bits per heavy atom. The minimum Gasteiger partial charge on any atom is -0.383 e. The first-order chi connectivity index (χ1) is 12.1. The van der Waals surface area contributed by atoms with Crippen molar-refractivity contribution in [3.05, 3.63) is 42.2 Å². The molecule has 6 nitrogen and oxygen atoms in total. The monoisotopic (exact) mass is 336 g/mol. The molecular weight excluding hydrogens is 316 g/mol. The van der Waals surface area contributed by atoms with Gasteiger partial charge in [-0.2, -0.15) is 0 Å². The van der Waals surface area contributed by atoms with Gasteiger partial charge in [0.15, 0.2) is 0 Å². The van der Waals surface area contributed by atoms with Gasteiger partial charge in [-0.1, -0.05) is 0 Å². The van der Waals surface area contributed by atoms with E-state index in [1.165, 1.54) is 0 Å². The number of anilines is 1. The maximum Gasteiger partial charge on any atom is 0.234 e. The summed E-state index contributed by atoms with van der Waals surface area (Å²) in [6.07, 6.45) is 3.56. The maximum atomic E-state index is 12.6. The summed E-state index contributed by atoms with van der Waals surface area (Å²) < 4.78 is 7.21. The number of aryl methyl sites for hydroxylation is 1. The second kappa shape index (κ2) is 5.97. The third-order valence-corrected chi connectivity index (χ3v) is 4.86. The Balaban J connectivity index is 1.86. The summed E-state index contributed by atoms with van der Waals surface area (Å²) >= 11 is 0. The van der Waals surface area contributed by atoms with Crippen molar-refractivity contribution >= 4 is 22.6 Å². The van der Waals surface area contributed by atoms with Crippen LogP contribution in [0.3, 0.4) is 0 Å². The maximum absolute atomic E-state index is 12.6. The second-order valence-corrected chi connectivity index (χ2v) is 6.34. The molecule has 1 unspecified atom stereocenters. The SMILES string of the molecule is COCCN1C(=O)C(C)c2cc3c(cc21)nc(-c1cccnc1)n3C. The lowest BCUT2D eigenvalue weighted by atomic mass is 10.0. The minimum atomic E-state index is -0.145. The van der Waals surface area contributed by atoms with Gasteiger partial charge in [0.25, 0.3) is 0 Å². The lowest BCUT2D eigenvalue weighted by Crippen LogP contribution is -2.31. The lowest BCUT2D eigenvalue weighted by molar-refractivity contribution is -0.119. The highest BCUT2D eigenvalue weighted by Gasteiger charge is 2.34. The molecule has 0 bridgehead atoms. The Kier molecular flexibility index (Phi) is 3.77. The van der Waals surface area contributed by atoms with Crippen LogP contribution in [0.5, 0.6) is 0 Å². The Hall–Kier alpha value is -2.73. The highest BCUT2D eigenvalue weighted by molar-refractivity contribution is 6.07. The Morgan fingerprint density at radius 2 is 2.16 bits per heavy atom. The average Bonchev–Trinajstić information content (AvgIpc) is 3.08. The molecule has 3 aromatic rings. The molecule has 0 radical (unpaired) electrons. The van der Waals surface area contributed by atoms with Gasteiger partial charge in [0.2, 0.25) is 5.91 Å². The summed E-state index contributed by atoms with van der Waals surface area (Å²) in [7, 11) is 3.64. The van der Waals surface area contributed by atoms with Gasteiger partial charge in [-0.3, -0.25) is 9.78 Å².